The Morgan fingerprint density at radius 3 is 2.39 bits per heavy atom. The number of hydrogen-bond donors (Lipinski definition) is 1. The molecule has 3 aromatic rings. The number of amidine groups is 1. The predicted octanol–water partition coefficient (Wildman–Crippen LogP) is 3.74. The SMILES string of the molecule is O=C1CC(Nc2ccccc2)=Nc2cc(-c3ccccc3)nn21. The quantitative estimate of drug-likeness (QED) is 0.784. The van der Waals surface area contributed by atoms with Crippen molar-refractivity contribution in [1.82, 2.24) is 9.78 Å². The zero-order valence-electron chi connectivity index (χ0n) is 12.3. The van der Waals surface area contributed by atoms with Gasteiger partial charge in [-0.15, -0.1) is 0 Å². The van der Waals surface area contributed by atoms with Gasteiger partial charge in [0.15, 0.2) is 5.82 Å². The first-order valence-electron chi connectivity index (χ1n) is 7.38. The van der Waals surface area contributed by atoms with Gasteiger partial charge in [-0.1, -0.05) is 48.5 Å². The van der Waals surface area contributed by atoms with E-state index < -0.39 is 0 Å². The van der Waals surface area contributed by atoms with Crippen LogP contribution in [0.3, 0.4) is 0 Å². The molecule has 0 amide bonds. The molecule has 4 rings (SSSR count). The average molecular weight is 302 g/mol. The van der Waals surface area contributed by atoms with Crippen molar-refractivity contribution < 1.29 is 4.79 Å². The van der Waals surface area contributed by atoms with Gasteiger partial charge < -0.3 is 5.32 Å². The van der Waals surface area contributed by atoms with Gasteiger partial charge >= 0.3 is 0 Å². The fourth-order valence-electron chi connectivity index (χ4n) is 2.54. The first kappa shape index (κ1) is 13.5. The second-order valence-corrected chi connectivity index (χ2v) is 5.29. The lowest BCUT2D eigenvalue weighted by Gasteiger charge is -2.14. The number of rotatable bonds is 2. The Bertz CT molecular complexity index is 882. The monoisotopic (exact) mass is 302 g/mol. The highest BCUT2D eigenvalue weighted by atomic mass is 16.2. The minimum Gasteiger partial charge on any atom is -0.343 e. The van der Waals surface area contributed by atoms with Crippen molar-refractivity contribution in [3.8, 4) is 11.3 Å². The van der Waals surface area contributed by atoms with Crippen molar-refractivity contribution >= 4 is 23.2 Å². The first-order valence-corrected chi connectivity index (χ1v) is 7.38. The summed E-state index contributed by atoms with van der Waals surface area (Å²) in [4.78, 5) is 16.8. The standard InChI is InChI=1S/C18H14N4O/c23-18-12-16(19-14-9-5-2-6-10-14)20-17-11-15(21-22(17)18)13-7-3-1-4-8-13/h1-11H,12H2,(H,19,20). The second kappa shape index (κ2) is 5.53. The minimum atomic E-state index is -0.0874. The fraction of sp³-hybridized carbons (Fsp3) is 0.0556. The molecule has 1 N–H and O–H groups in total. The third-order valence-electron chi connectivity index (χ3n) is 3.63. The molecule has 5 heteroatoms. The zero-order valence-corrected chi connectivity index (χ0v) is 12.3. The number of carbonyl (C=O) groups excluding carboxylic acids is 1. The maximum Gasteiger partial charge on any atom is 0.256 e. The highest BCUT2D eigenvalue weighted by Crippen LogP contribution is 2.26. The Balaban J connectivity index is 1.68. The van der Waals surface area contributed by atoms with E-state index in [0.717, 1.165) is 16.9 Å². The van der Waals surface area contributed by atoms with Crippen molar-refractivity contribution in [2.75, 3.05) is 5.32 Å². The van der Waals surface area contributed by atoms with Gasteiger partial charge in [0.1, 0.15) is 5.84 Å². The minimum absolute atomic E-state index is 0.0874. The molecule has 0 fully saturated rings. The number of carbonyl (C=O) groups is 1. The largest absolute Gasteiger partial charge is 0.343 e. The molecule has 1 aliphatic heterocycles. The Morgan fingerprint density at radius 2 is 1.65 bits per heavy atom. The molecule has 0 radical (unpaired) electrons. The molecule has 0 bridgehead atoms. The van der Waals surface area contributed by atoms with Crippen LogP contribution < -0.4 is 5.32 Å². The van der Waals surface area contributed by atoms with Gasteiger partial charge in [0.2, 0.25) is 0 Å². The van der Waals surface area contributed by atoms with Crippen LogP contribution in [0.15, 0.2) is 71.7 Å². The number of aromatic nitrogens is 2. The van der Waals surface area contributed by atoms with Crippen molar-refractivity contribution in [2.24, 2.45) is 4.99 Å². The lowest BCUT2D eigenvalue weighted by Crippen LogP contribution is -2.25. The molecule has 0 aliphatic carbocycles. The molecule has 23 heavy (non-hydrogen) atoms. The molecule has 1 aromatic heterocycles. The summed E-state index contributed by atoms with van der Waals surface area (Å²) in [6.07, 6.45) is 0.206. The van der Waals surface area contributed by atoms with E-state index in [0.29, 0.717) is 11.7 Å². The smallest absolute Gasteiger partial charge is 0.256 e. The van der Waals surface area contributed by atoms with E-state index in [-0.39, 0.29) is 12.3 Å². The normalized spacial score (nSPS) is 13.4. The number of fused-ring (bicyclic) bond motifs is 1. The molecule has 0 spiro atoms. The molecule has 0 saturated heterocycles. The summed E-state index contributed by atoms with van der Waals surface area (Å²) in [6.45, 7) is 0. The van der Waals surface area contributed by atoms with Crippen LogP contribution in [-0.2, 0) is 0 Å². The summed E-state index contributed by atoms with van der Waals surface area (Å²) >= 11 is 0. The van der Waals surface area contributed by atoms with Gasteiger partial charge in [-0.05, 0) is 12.1 Å². The van der Waals surface area contributed by atoms with E-state index in [4.69, 9.17) is 0 Å². The van der Waals surface area contributed by atoms with E-state index >= 15 is 0 Å². The van der Waals surface area contributed by atoms with Crippen molar-refractivity contribution in [1.29, 1.82) is 0 Å². The highest BCUT2D eigenvalue weighted by molar-refractivity contribution is 6.10. The number of benzene rings is 2. The molecular formula is C18H14N4O. The second-order valence-electron chi connectivity index (χ2n) is 5.29. The van der Waals surface area contributed by atoms with Gasteiger partial charge in [-0.25, -0.2) is 4.99 Å². The molecule has 0 atom stereocenters. The third kappa shape index (κ3) is 2.64. The number of aliphatic imine (C=N–C) groups is 1. The molecule has 1 aliphatic rings. The van der Waals surface area contributed by atoms with Gasteiger partial charge in [-0.3, -0.25) is 4.79 Å². The molecule has 0 saturated carbocycles. The summed E-state index contributed by atoms with van der Waals surface area (Å²) in [5, 5.41) is 7.57. The van der Waals surface area contributed by atoms with Crippen molar-refractivity contribution in [2.45, 2.75) is 6.42 Å². The van der Waals surface area contributed by atoms with Crippen molar-refractivity contribution in [3.63, 3.8) is 0 Å². The van der Waals surface area contributed by atoms with E-state index in [1.165, 1.54) is 4.68 Å². The van der Waals surface area contributed by atoms with Crippen LogP contribution in [0.4, 0.5) is 11.5 Å². The number of nitrogens with zero attached hydrogens (tertiary/aromatic N) is 3. The van der Waals surface area contributed by atoms with Gasteiger partial charge in [0, 0.05) is 17.3 Å². The van der Waals surface area contributed by atoms with Crippen LogP contribution in [0.1, 0.15) is 11.2 Å². The third-order valence-corrected chi connectivity index (χ3v) is 3.63. The topological polar surface area (TPSA) is 59.3 Å². The molecule has 0 unspecified atom stereocenters. The van der Waals surface area contributed by atoms with Crippen LogP contribution >= 0.6 is 0 Å². The van der Waals surface area contributed by atoms with Crippen LogP contribution in [0.2, 0.25) is 0 Å². The Morgan fingerprint density at radius 1 is 0.957 bits per heavy atom. The van der Waals surface area contributed by atoms with E-state index in [9.17, 15) is 4.79 Å². The summed E-state index contributed by atoms with van der Waals surface area (Å²) in [7, 11) is 0. The number of nitrogens with one attached hydrogen (secondary N) is 1. The molecule has 2 aromatic carbocycles. The van der Waals surface area contributed by atoms with E-state index in [1.54, 1.807) is 0 Å². The van der Waals surface area contributed by atoms with E-state index in [2.05, 4.69) is 15.4 Å². The lowest BCUT2D eigenvalue weighted by atomic mass is 10.1. The Hall–Kier alpha value is -3.21. The molecule has 2 heterocycles. The maximum absolute atomic E-state index is 12.3. The molecular weight excluding hydrogens is 288 g/mol. The van der Waals surface area contributed by atoms with Crippen LogP contribution in [-0.4, -0.2) is 21.5 Å². The van der Waals surface area contributed by atoms with Gasteiger partial charge in [0.25, 0.3) is 5.91 Å². The van der Waals surface area contributed by atoms with Crippen LogP contribution in [0.25, 0.3) is 11.3 Å². The van der Waals surface area contributed by atoms with E-state index in [1.807, 2.05) is 66.7 Å². The highest BCUT2D eigenvalue weighted by Gasteiger charge is 2.22. The summed E-state index contributed by atoms with van der Waals surface area (Å²) in [6, 6.07) is 21.3. The number of anilines is 1. The van der Waals surface area contributed by atoms with Crippen LogP contribution in [0.5, 0.6) is 0 Å². The Kier molecular flexibility index (Phi) is 3.24. The summed E-state index contributed by atoms with van der Waals surface area (Å²) in [5.41, 5.74) is 2.63. The number of hydrogen-bond acceptors (Lipinski definition) is 4. The van der Waals surface area contributed by atoms with Gasteiger partial charge in [0.05, 0.1) is 12.1 Å². The zero-order chi connectivity index (χ0) is 15.6. The average Bonchev–Trinajstić information content (AvgIpc) is 3.01. The first-order chi connectivity index (χ1) is 11.3. The Labute approximate surface area is 133 Å². The van der Waals surface area contributed by atoms with Crippen molar-refractivity contribution in [3.05, 3.63) is 66.7 Å². The summed E-state index contributed by atoms with van der Waals surface area (Å²) < 4.78 is 1.37. The summed E-state index contributed by atoms with van der Waals surface area (Å²) in [5.74, 6) is 1.10. The number of para-hydroxylation sites is 1. The van der Waals surface area contributed by atoms with Crippen LogP contribution in [0, 0.1) is 0 Å². The van der Waals surface area contributed by atoms with Gasteiger partial charge in [-0.2, -0.15) is 9.78 Å². The molecule has 5 nitrogen and oxygen atoms in total. The fourth-order valence-corrected chi connectivity index (χ4v) is 2.54. The molecule has 112 valence electrons. The maximum atomic E-state index is 12.3. The lowest BCUT2D eigenvalue weighted by molar-refractivity contribution is 0.0906. The predicted molar refractivity (Wildman–Crippen MR) is 90.1 cm³/mol.